The van der Waals surface area contributed by atoms with Gasteiger partial charge < -0.3 is 15.0 Å². The summed E-state index contributed by atoms with van der Waals surface area (Å²) in [6.45, 7) is 6.63. The average Bonchev–Trinajstić information content (AvgIpc) is 3.11. The molecule has 2 fully saturated rings. The topological polar surface area (TPSA) is 75.7 Å². The van der Waals surface area contributed by atoms with Crippen LogP contribution in [0.1, 0.15) is 63.2 Å². The molecule has 6 heteroatoms. The highest BCUT2D eigenvalue weighted by Gasteiger charge is 2.30. The molecule has 1 aromatic rings. The average molecular weight is 386 g/mol. The van der Waals surface area contributed by atoms with Crippen molar-refractivity contribution in [2.75, 3.05) is 11.4 Å². The molecule has 1 saturated heterocycles. The minimum Gasteiger partial charge on any atom is -0.449 e. The lowest BCUT2D eigenvalue weighted by Gasteiger charge is -2.35. The van der Waals surface area contributed by atoms with Crippen molar-refractivity contribution in [1.29, 1.82) is 0 Å². The van der Waals surface area contributed by atoms with Crippen molar-refractivity contribution in [2.24, 2.45) is 11.8 Å². The largest absolute Gasteiger partial charge is 0.449 e. The van der Waals surface area contributed by atoms with E-state index < -0.39 is 12.1 Å². The van der Waals surface area contributed by atoms with Gasteiger partial charge in [0.15, 0.2) is 6.10 Å². The summed E-state index contributed by atoms with van der Waals surface area (Å²) < 4.78 is 5.39. The van der Waals surface area contributed by atoms with Gasteiger partial charge in [0, 0.05) is 24.7 Å². The molecule has 2 amide bonds. The summed E-state index contributed by atoms with van der Waals surface area (Å²) in [5.74, 6) is 0.240. The van der Waals surface area contributed by atoms with Gasteiger partial charge in [-0.15, -0.1) is 0 Å². The van der Waals surface area contributed by atoms with E-state index in [9.17, 15) is 14.4 Å². The second-order valence-electron chi connectivity index (χ2n) is 8.13. The standard InChI is InChI=1S/C22H30N2O4/c1-14-7-4-10-19(15(14)2)23-21(26)16(3)28-22(27)17-8-5-9-18(13-17)24-12-6-11-20(24)25/h5,8-9,13-16,19H,4,6-7,10-12H2,1-3H3,(H,23,26)/t14-,15-,16-,19-/m1/s1. The molecule has 1 aromatic carbocycles. The lowest BCUT2D eigenvalue weighted by atomic mass is 9.78. The zero-order valence-electron chi connectivity index (χ0n) is 16.9. The van der Waals surface area contributed by atoms with Crippen molar-refractivity contribution in [3.05, 3.63) is 29.8 Å². The third kappa shape index (κ3) is 4.54. The minimum absolute atomic E-state index is 0.0640. The van der Waals surface area contributed by atoms with Gasteiger partial charge in [0.25, 0.3) is 5.91 Å². The van der Waals surface area contributed by atoms with Crippen LogP contribution in [0, 0.1) is 11.8 Å². The van der Waals surface area contributed by atoms with Crippen LogP contribution < -0.4 is 10.2 Å². The Hall–Kier alpha value is -2.37. The Labute approximate surface area is 166 Å². The maximum atomic E-state index is 12.5. The number of carbonyl (C=O) groups is 3. The van der Waals surface area contributed by atoms with E-state index in [-0.39, 0.29) is 17.9 Å². The molecule has 0 spiro atoms. The second-order valence-corrected chi connectivity index (χ2v) is 8.13. The Kier molecular flexibility index (Phi) is 6.37. The van der Waals surface area contributed by atoms with Crippen molar-refractivity contribution >= 4 is 23.5 Å². The van der Waals surface area contributed by atoms with Crippen LogP contribution in [0.25, 0.3) is 0 Å². The van der Waals surface area contributed by atoms with Gasteiger partial charge in [0.05, 0.1) is 5.56 Å². The number of amides is 2. The number of nitrogens with one attached hydrogen (secondary N) is 1. The van der Waals surface area contributed by atoms with E-state index in [0.717, 1.165) is 19.3 Å². The van der Waals surface area contributed by atoms with Crippen LogP contribution in [0.15, 0.2) is 24.3 Å². The van der Waals surface area contributed by atoms with Crippen LogP contribution in [-0.4, -0.2) is 36.5 Å². The lowest BCUT2D eigenvalue weighted by molar-refractivity contribution is -0.130. The van der Waals surface area contributed by atoms with Gasteiger partial charge >= 0.3 is 5.97 Å². The highest BCUT2D eigenvalue weighted by molar-refractivity contribution is 5.98. The number of benzene rings is 1. The number of hydrogen-bond donors (Lipinski definition) is 1. The van der Waals surface area contributed by atoms with Gasteiger partial charge in [0.2, 0.25) is 5.91 Å². The number of carbonyl (C=O) groups excluding carboxylic acids is 3. The summed E-state index contributed by atoms with van der Waals surface area (Å²) in [5.41, 5.74) is 1.04. The third-order valence-electron chi connectivity index (χ3n) is 6.15. The second kappa shape index (κ2) is 8.76. The molecule has 1 aliphatic carbocycles. The quantitative estimate of drug-likeness (QED) is 0.788. The summed E-state index contributed by atoms with van der Waals surface area (Å²) in [7, 11) is 0. The van der Waals surface area contributed by atoms with E-state index in [1.165, 1.54) is 6.42 Å². The number of rotatable bonds is 5. The summed E-state index contributed by atoms with van der Waals surface area (Å²) in [5, 5.41) is 3.05. The molecule has 1 saturated carbocycles. The molecule has 6 nitrogen and oxygen atoms in total. The first-order valence-corrected chi connectivity index (χ1v) is 10.3. The Morgan fingerprint density at radius 2 is 2.00 bits per heavy atom. The monoisotopic (exact) mass is 386 g/mol. The summed E-state index contributed by atoms with van der Waals surface area (Å²) >= 11 is 0. The van der Waals surface area contributed by atoms with Gasteiger partial charge in [-0.05, 0) is 49.8 Å². The normalized spacial score (nSPS) is 26.0. The van der Waals surface area contributed by atoms with Gasteiger partial charge in [0.1, 0.15) is 0 Å². The highest BCUT2D eigenvalue weighted by atomic mass is 16.5. The van der Waals surface area contributed by atoms with Crippen LogP contribution in [0.2, 0.25) is 0 Å². The first-order valence-electron chi connectivity index (χ1n) is 10.3. The molecule has 152 valence electrons. The van der Waals surface area contributed by atoms with Gasteiger partial charge in [-0.1, -0.05) is 32.8 Å². The predicted molar refractivity (Wildman–Crippen MR) is 107 cm³/mol. The highest BCUT2D eigenvalue weighted by Crippen LogP contribution is 2.29. The Balaban J connectivity index is 1.59. The number of ether oxygens (including phenoxy) is 1. The number of nitrogens with zero attached hydrogens (tertiary/aromatic N) is 1. The number of esters is 1. The molecule has 1 N–H and O–H groups in total. The molecule has 4 atom stereocenters. The first kappa shape index (κ1) is 20.4. The fourth-order valence-corrected chi connectivity index (χ4v) is 4.09. The van der Waals surface area contributed by atoms with Crippen LogP contribution in [0.3, 0.4) is 0 Å². The zero-order chi connectivity index (χ0) is 20.3. The van der Waals surface area contributed by atoms with Crippen LogP contribution in [0.4, 0.5) is 5.69 Å². The molecular formula is C22H30N2O4. The maximum Gasteiger partial charge on any atom is 0.338 e. The Bertz CT molecular complexity index is 748. The van der Waals surface area contributed by atoms with Crippen LogP contribution in [-0.2, 0) is 14.3 Å². The van der Waals surface area contributed by atoms with Crippen LogP contribution in [0.5, 0.6) is 0 Å². The molecule has 1 aliphatic heterocycles. The predicted octanol–water partition coefficient (Wildman–Crippen LogP) is 3.30. The SMILES string of the molecule is C[C@@H]1[C@H](C)CCC[C@H]1NC(=O)[C@@H](C)OC(=O)c1cccc(N2CCCC2=O)c1. The number of hydrogen-bond acceptors (Lipinski definition) is 4. The van der Waals surface area contributed by atoms with E-state index in [1.54, 1.807) is 30.0 Å². The fourth-order valence-electron chi connectivity index (χ4n) is 4.09. The van der Waals surface area contributed by atoms with E-state index in [2.05, 4.69) is 19.2 Å². The molecule has 1 heterocycles. The first-order chi connectivity index (χ1) is 13.4. The molecule has 28 heavy (non-hydrogen) atoms. The Morgan fingerprint density at radius 3 is 2.71 bits per heavy atom. The van der Waals surface area contributed by atoms with E-state index in [4.69, 9.17) is 4.74 Å². The molecule has 0 unspecified atom stereocenters. The summed E-state index contributed by atoms with van der Waals surface area (Å²) in [4.78, 5) is 38.6. The van der Waals surface area contributed by atoms with Gasteiger partial charge in [-0.2, -0.15) is 0 Å². The van der Waals surface area contributed by atoms with Crippen LogP contribution >= 0.6 is 0 Å². The smallest absolute Gasteiger partial charge is 0.338 e. The third-order valence-corrected chi connectivity index (χ3v) is 6.15. The lowest BCUT2D eigenvalue weighted by Crippen LogP contribution is -2.47. The number of anilines is 1. The molecule has 0 radical (unpaired) electrons. The molecule has 2 aliphatic rings. The molecular weight excluding hydrogens is 356 g/mol. The van der Waals surface area contributed by atoms with E-state index in [0.29, 0.717) is 36.1 Å². The maximum absolute atomic E-state index is 12.5. The van der Waals surface area contributed by atoms with E-state index >= 15 is 0 Å². The summed E-state index contributed by atoms with van der Waals surface area (Å²) in [6.07, 6.45) is 3.74. The van der Waals surface area contributed by atoms with Crippen molar-refractivity contribution in [3.63, 3.8) is 0 Å². The molecule has 0 aromatic heterocycles. The zero-order valence-corrected chi connectivity index (χ0v) is 16.9. The molecule has 3 rings (SSSR count). The van der Waals surface area contributed by atoms with Crippen molar-refractivity contribution in [2.45, 2.75) is 65.0 Å². The van der Waals surface area contributed by atoms with Crippen molar-refractivity contribution in [3.8, 4) is 0 Å². The fraction of sp³-hybridized carbons (Fsp3) is 0.591. The van der Waals surface area contributed by atoms with Gasteiger partial charge in [-0.3, -0.25) is 9.59 Å². The van der Waals surface area contributed by atoms with Gasteiger partial charge in [-0.25, -0.2) is 4.79 Å². The minimum atomic E-state index is -0.867. The molecule has 0 bridgehead atoms. The van der Waals surface area contributed by atoms with Crippen molar-refractivity contribution < 1.29 is 19.1 Å². The Morgan fingerprint density at radius 1 is 1.21 bits per heavy atom. The van der Waals surface area contributed by atoms with Crippen molar-refractivity contribution in [1.82, 2.24) is 5.32 Å². The van der Waals surface area contributed by atoms with E-state index in [1.807, 2.05) is 6.07 Å². The summed E-state index contributed by atoms with van der Waals surface area (Å²) in [6, 6.07) is 6.96.